The molecule has 1 heterocycles. The van der Waals surface area contributed by atoms with Gasteiger partial charge in [-0.1, -0.05) is 17.7 Å². The zero-order valence-electron chi connectivity index (χ0n) is 14.6. The fourth-order valence-electron chi connectivity index (χ4n) is 3.67. The minimum atomic E-state index is -3.45. The molecule has 25 heavy (non-hydrogen) atoms. The predicted molar refractivity (Wildman–Crippen MR) is 96.4 cm³/mol. The van der Waals surface area contributed by atoms with Crippen LogP contribution in [0, 0.1) is 12.8 Å². The Hall–Kier alpha value is -1.44. The van der Waals surface area contributed by atoms with Gasteiger partial charge in [-0.05, 0) is 51.2 Å². The van der Waals surface area contributed by atoms with Crippen molar-refractivity contribution in [2.24, 2.45) is 11.7 Å². The standard InChI is InChI=1S/C18H27N3O3S/c1-13-2-6-17(7-3-13)25(23,24)21-10-8-16(9-11-21)20-18(22)14-4-5-15(19)12-14/h2-3,6-7,14-16H,4-5,8-12,19H2,1H3,(H,20,22). The first-order chi connectivity index (χ1) is 11.9. The number of hydrogen-bond donors (Lipinski definition) is 2. The monoisotopic (exact) mass is 365 g/mol. The van der Waals surface area contributed by atoms with Crippen molar-refractivity contribution in [3.8, 4) is 0 Å². The van der Waals surface area contributed by atoms with Crippen LogP contribution in [0.4, 0.5) is 0 Å². The smallest absolute Gasteiger partial charge is 0.243 e. The third kappa shape index (κ3) is 4.22. The highest BCUT2D eigenvalue weighted by molar-refractivity contribution is 7.89. The van der Waals surface area contributed by atoms with Gasteiger partial charge in [0.05, 0.1) is 4.90 Å². The van der Waals surface area contributed by atoms with E-state index in [1.165, 1.54) is 4.31 Å². The summed E-state index contributed by atoms with van der Waals surface area (Å²) < 4.78 is 26.9. The molecule has 1 aromatic carbocycles. The molecule has 1 aliphatic carbocycles. The normalized spacial score (nSPS) is 25.8. The fourth-order valence-corrected chi connectivity index (χ4v) is 5.14. The second-order valence-corrected chi connectivity index (χ2v) is 9.21. The first kappa shape index (κ1) is 18.4. The molecule has 6 nitrogen and oxygen atoms in total. The lowest BCUT2D eigenvalue weighted by Gasteiger charge is -2.32. The highest BCUT2D eigenvalue weighted by Crippen LogP contribution is 2.25. The average Bonchev–Trinajstić information content (AvgIpc) is 3.02. The zero-order chi connectivity index (χ0) is 18.0. The van der Waals surface area contributed by atoms with E-state index in [1.54, 1.807) is 12.1 Å². The van der Waals surface area contributed by atoms with Crippen molar-refractivity contribution in [3.63, 3.8) is 0 Å². The van der Waals surface area contributed by atoms with Crippen molar-refractivity contribution in [1.82, 2.24) is 9.62 Å². The van der Waals surface area contributed by atoms with Gasteiger partial charge >= 0.3 is 0 Å². The summed E-state index contributed by atoms with van der Waals surface area (Å²) >= 11 is 0. The first-order valence-electron chi connectivity index (χ1n) is 8.99. The van der Waals surface area contributed by atoms with Gasteiger partial charge < -0.3 is 11.1 Å². The Balaban J connectivity index is 1.54. The second kappa shape index (κ2) is 7.43. The average molecular weight is 365 g/mol. The first-order valence-corrected chi connectivity index (χ1v) is 10.4. The lowest BCUT2D eigenvalue weighted by Crippen LogP contribution is -2.47. The van der Waals surface area contributed by atoms with Crippen LogP contribution in [0.2, 0.25) is 0 Å². The van der Waals surface area contributed by atoms with Crippen LogP contribution in [-0.2, 0) is 14.8 Å². The van der Waals surface area contributed by atoms with Gasteiger partial charge in [0.25, 0.3) is 0 Å². The molecule has 1 aliphatic heterocycles. The molecule has 0 radical (unpaired) electrons. The molecule has 2 unspecified atom stereocenters. The lowest BCUT2D eigenvalue weighted by atomic mass is 10.0. The number of nitrogens with zero attached hydrogens (tertiary/aromatic N) is 1. The molecular weight excluding hydrogens is 338 g/mol. The maximum Gasteiger partial charge on any atom is 0.243 e. The molecule has 0 spiro atoms. The van der Waals surface area contributed by atoms with Gasteiger partial charge in [0.2, 0.25) is 15.9 Å². The third-order valence-electron chi connectivity index (χ3n) is 5.30. The molecule has 2 fully saturated rings. The largest absolute Gasteiger partial charge is 0.353 e. The number of nitrogens with one attached hydrogen (secondary N) is 1. The number of rotatable bonds is 4. The second-order valence-electron chi connectivity index (χ2n) is 7.27. The van der Waals surface area contributed by atoms with E-state index < -0.39 is 10.0 Å². The van der Waals surface area contributed by atoms with Crippen LogP contribution < -0.4 is 11.1 Å². The number of aryl methyl sites for hydroxylation is 1. The Morgan fingerprint density at radius 3 is 2.32 bits per heavy atom. The van der Waals surface area contributed by atoms with E-state index in [4.69, 9.17) is 5.73 Å². The minimum absolute atomic E-state index is 0.0179. The van der Waals surface area contributed by atoms with Crippen LogP contribution in [0.25, 0.3) is 0 Å². The summed E-state index contributed by atoms with van der Waals surface area (Å²) in [5.41, 5.74) is 6.91. The fraction of sp³-hybridized carbons (Fsp3) is 0.611. The van der Waals surface area contributed by atoms with Crippen molar-refractivity contribution in [2.45, 2.75) is 56.0 Å². The van der Waals surface area contributed by atoms with Crippen molar-refractivity contribution < 1.29 is 13.2 Å². The van der Waals surface area contributed by atoms with Gasteiger partial charge in [-0.25, -0.2) is 8.42 Å². The number of amides is 1. The van der Waals surface area contributed by atoms with Crippen LogP contribution in [0.1, 0.15) is 37.7 Å². The van der Waals surface area contributed by atoms with E-state index in [1.807, 2.05) is 19.1 Å². The van der Waals surface area contributed by atoms with Crippen molar-refractivity contribution in [3.05, 3.63) is 29.8 Å². The molecule has 1 aromatic rings. The summed E-state index contributed by atoms with van der Waals surface area (Å²) in [5, 5.41) is 3.08. The Labute approximate surface area is 149 Å². The molecule has 2 atom stereocenters. The van der Waals surface area contributed by atoms with Gasteiger partial charge in [0.1, 0.15) is 0 Å². The van der Waals surface area contributed by atoms with Crippen LogP contribution in [0.3, 0.4) is 0 Å². The molecule has 0 bridgehead atoms. The maximum absolute atomic E-state index is 12.7. The summed E-state index contributed by atoms with van der Waals surface area (Å²) in [6, 6.07) is 7.12. The third-order valence-corrected chi connectivity index (χ3v) is 7.22. The summed E-state index contributed by atoms with van der Waals surface area (Å²) in [4.78, 5) is 12.6. The molecule has 2 aliphatic rings. The van der Waals surface area contributed by atoms with Gasteiger partial charge in [-0.2, -0.15) is 4.31 Å². The highest BCUT2D eigenvalue weighted by atomic mass is 32.2. The van der Waals surface area contributed by atoms with Crippen LogP contribution in [-0.4, -0.2) is 43.8 Å². The summed E-state index contributed by atoms with van der Waals surface area (Å²) in [7, 11) is -3.45. The Morgan fingerprint density at radius 1 is 1.12 bits per heavy atom. The molecule has 3 N–H and O–H groups in total. The molecule has 138 valence electrons. The van der Waals surface area contributed by atoms with Crippen molar-refractivity contribution in [1.29, 1.82) is 0 Å². The van der Waals surface area contributed by atoms with E-state index in [-0.39, 0.29) is 23.9 Å². The quantitative estimate of drug-likeness (QED) is 0.843. The highest BCUT2D eigenvalue weighted by Gasteiger charge is 2.32. The molecule has 1 saturated heterocycles. The van der Waals surface area contributed by atoms with E-state index in [9.17, 15) is 13.2 Å². The molecule has 1 saturated carbocycles. The van der Waals surface area contributed by atoms with Crippen LogP contribution in [0.5, 0.6) is 0 Å². The van der Waals surface area contributed by atoms with E-state index in [0.717, 1.165) is 24.8 Å². The zero-order valence-corrected chi connectivity index (χ0v) is 15.5. The van der Waals surface area contributed by atoms with Gasteiger partial charge in [-0.3, -0.25) is 4.79 Å². The van der Waals surface area contributed by atoms with Crippen molar-refractivity contribution in [2.75, 3.05) is 13.1 Å². The van der Waals surface area contributed by atoms with Crippen LogP contribution >= 0.6 is 0 Å². The van der Waals surface area contributed by atoms with E-state index in [0.29, 0.717) is 30.8 Å². The lowest BCUT2D eigenvalue weighted by molar-refractivity contribution is -0.125. The topological polar surface area (TPSA) is 92.5 Å². The number of nitrogens with two attached hydrogens (primary N) is 1. The van der Waals surface area contributed by atoms with Gasteiger partial charge in [0.15, 0.2) is 0 Å². The van der Waals surface area contributed by atoms with E-state index >= 15 is 0 Å². The molecule has 7 heteroatoms. The SMILES string of the molecule is Cc1ccc(S(=O)(=O)N2CCC(NC(=O)C3CCC(N)C3)CC2)cc1. The van der Waals surface area contributed by atoms with Gasteiger partial charge in [0, 0.05) is 31.1 Å². The number of carbonyl (C=O) groups excluding carboxylic acids is 1. The molecule has 0 aromatic heterocycles. The number of sulfonamides is 1. The summed E-state index contributed by atoms with van der Waals surface area (Å²) in [6.45, 7) is 2.80. The van der Waals surface area contributed by atoms with Crippen LogP contribution in [0.15, 0.2) is 29.2 Å². The molecular formula is C18H27N3O3S. The number of carbonyl (C=O) groups is 1. The van der Waals surface area contributed by atoms with Gasteiger partial charge in [-0.15, -0.1) is 0 Å². The van der Waals surface area contributed by atoms with Crippen molar-refractivity contribution >= 4 is 15.9 Å². The summed E-state index contributed by atoms with van der Waals surface area (Å²) in [5.74, 6) is 0.0945. The number of piperidine rings is 1. The molecule has 1 amide bonds. The van der Waals surface area contributed by atoms with E-state index in [2.05, 4.69) is 5.32 Å². The maximum atomic E-state index is 12.7. The summed E-state index contributed by atoms with van der Waals surface area (Å²) in [6.07, 6.45) is 3.82. The Bertz CT molecular complexity index is 710. The molecule has 3 rings (SSSR count). The number of benzene rings is 1. The minimum Gasteiger partial charge on any atom is -0.353 e. The predicted octanol–water partition coefficient (Wildman–Crippen LogP) is 1.39. The Kier molecular flexibility index (Phi) is 5.46. The Morgan fingerprint density at radius 2 is 1.76 bits per heavy atom. The number of hydrogen-bond acceptors (Lipinski definition) is 4.